The average Bonchev–Trinajstić information content (AvgIpc) is 2.11. The summed E-state index contributed by atoms with van der Waals surface area (Å²) < 4.78 is 4.95. The lowest BCUT2D eigenvalue weighted by molar-refractivity contribution is -0.140. The first-order valence-electron chi connectivity index (χ1n) is 4.45. The molecular weight excluding hydrogens is 186 g/mol. The Labute approximate surface area is 83.4 Å². The van der Waals surface area contributed by atoms with Gasteiger partial charge in [0.05, 0.1) is 0 Å². The first-order chi connectivity index (χ1) is 6.40. The van der Waals surface area contributed by atoms with Gasteiger partial charge in [-0.25, -0.2) is 0 Å². The summed E-state index contributed by atoms with van der Waals surface area (Å²) in [6.45, 7) is 3.66. The quantitative estimate of drug-likeness (QED) is 0.612. The Morgan fingerprint density at radius 2 is 2.00 bits per heavy atom. The lowest BCUT2D eigenvalue weighted by atomic mass is 10.1. The second kappa shape index (κ2) is 5.59. The van der Waals surface area contributed by atoms with Gasteiger partial charge in [-0.2, -0.15) is 0 Å². The highest BCUT2D eigenvalue weighted by Gasteiger charge is 2.26. The lowest BCUT2D eigenvalue weighted by Crippen LogP contribution is -2.43. The number of carbonyl (C=O) groups is 2. The number of carbonyl (C=O) groups excluding carboxylic acids is 1. The van der Waals surface area contributed by atoms with E-state index < -0.39 is 11.6 Å². The molecule has 0 aromatic carbocycles. The molecule has 0 saturated heterocycles. The first-order valence-corrected chi connectivity index (χ1v) is 4.45. The van der Waals surface area contributed by atoms with Crippen LogP contribution in [0, 0.1) is 0 Å². The smallest absolute Gasteiger partial charge is 0.303 e. The molecule has 14 heavy (non-hydrogen) atoms. The Morgan fingerprint density at radius 3 is 2.43 bits per heavy atom. The number of rotatable bonds is 6. The van der Waals surface area contributed by atoms with E-state index >= 15 is 0 Å². The van der Waals surface area contributed by atoms with E-state index in [0.717, 1.165) is 0 Å². The Kier molecular flexibility index (Phi) is 5.15. The second-order valence-electron chi connectivity index (χ2n) is 3.47. The molecule has 0 aromatic rings. The standard InChI is InChI=1S/C9H17NO4/c1-9(2,14-3)8(13)10-6-4-5-7(11)12/h4-6H2,1-3H3,(H,10,13)(H,11,12). The normalized spacial score (nSPS) is 11.1. The average molecular weight is 203 g/mol. The van der Waals surface area contributed by atoms with Crippen molar-refractivity contribution in [2.24, 2.45) is 0 Å². The lowest BCUT2D eigenvalue weighted by Gasteiger charge is -2.21. The van der Waals surface area contributed by atoms with Gasteiger partial charge in [0.2, 0.25) is 0 Å². The number of ether oxygens (including phenoxy) is 1. The topological polar surface area (TPSA) is 75.6 Å². The van der Waals surface area contributed by atoms with Gasteiger partial charge in [-0.15, -0.1) is 0 Å². The molecular formula is C9H17NO4. The molecule has 0 radical (unpaired) electrons. The number of aliphatic carboxylic acids is 1. The molecule has 0 bridgehead atoms. The molecule has 0 aromatic heterocycles. The summed E-state index contributed by atoms with van der Waals surface area (Å²) >= 11 is 0. The summed E-state index contributed by atoms with van der Waals surface area (Å²) in [5.74, 6) is -1.09. The Hall–Kier alpha value is -1.10. The van der Waals surface area contributed by atoms with Gasteiger partial charge in [0.15, 0.2) is 0 Å². The zero-order chi connectivity index (χ0) is 11.2. The summed E-state index contributed by atoms with van der Waals surface area (Å²) in [5, 5.41) is 10.9. The third-order valence-corrected chi connectivity index (χ3v) is 1.91. The molecule has 1 amide bonds. The molecule has 0 rings (SSSR count). The van der Waals surface area contributed by atoms with E-state index in [1.807, 2.05) is 0 Å². The minimum absolute atomic E-state index is 0.0632. The predicted molar refractivity (Wildman–Crippen MR) is 51.0 cm³/mol. The van der Waals surface area contributed by atoms with Crippen LogP contribution in [0.5, 0.6) is 0 Å². The molecule has 0 heterocycles. The van der Waals surface area contributed by atoms with Crippen LogP contribution in [0.25, 0.3) is 0 Å². The Bertz CT molecular complexity index is 213. The van der Waals surface area contributed by atoms with E-state index in [0.29, 0.717) is 13.0 Å². The van der Waals surface area contributed by atoms with Crippen LogP contribution < -0.4 is 5.32 Å². The molecule has 0 aliphatic carbocycles. The highest BCUT2D eigenvalue weighted by molar-refractivity contribution is 5.84. The van der Waals surface area contributed by atoms with Crippen LogP contribution in [-0.2, 0) is 14.3 Å². The molecule has 0 atom stereocenters. The summed E-state index contributed by atoms with van der Waals surface area (Å²) in [6.07, 6.45) is 0.495. The van der Waals surface area contributed by atoms with Crippen molar-refractivity contribution in [1.29, 1.82) is 0 Å². The fraction of sp³-hybridized carbons (Fsp3) is 0.778. The minimum atomic E-state index is -0.858. The number of hydrogen-bond acceptors (Lipinski definition) is 3. The number of nitrogens with one attached hydrogen (secondary N) is 1. The van der Waals surface area contributed by atoms with Gasteiger partial charge < -0.3 is 15.2 Å². The van der Waals surface area contributed by atoms with E-state index in [-0.39, 0.29) is 12.3 Å². The van der Waals surface area contributed by atoms with Crippen molar-refractivity contribution in [3.63, 3.8) is 0 Å². The first kappa shape index (κ1) is 12.9. The fourth-order valence-corrected chi connectivity index (χ4v) is 0.747. The van der Waals surface area contributed by atoms with Gasteiger partial charge in [0, 0.05) is 20.1 Å². The van der Waals surface area contributed by atoms with Crippen molar-refractivity contribution in [2.75, 3.05) is 13.7 Å². The van der Waals surface area contributed by atoms with Gasteiger partial charge >= 0.3 is 5.97 Å². The van der Waals surface area contributed by atoms with E-state index in [9.17, 15) is 9.59 Å². The largest absolute Gasteiger partial charge is 0.481 e. The van der Waals surface area contributed by atoms with Crippen LogP contribution in [-0.4, -0.2) is 36.2 Å². The zero-order valence-corrected chi connectivity index (χ0v) is 8.79. The summed E-state index contributed by atoms with van der Waals surface area (Å²) in [6, 6.07) is 0. The maximum atomic E-state index is 11.4. The third-order valence-electron chi connectivity index (χ3n) is 1.91. The number of carboxylic acids is 1. The van der Waals surface area contributed by atoms with E-state index in [1.165, 1.54) is 7.11 Å². The van der Waals surface area contributed by atoms with Crippen molar-refractivity contribution in [2.45, 2.75) is 32.3 Å². The zero-order valence-electron chi connectivity index (χ0n) is 8.79. The van der Waals surface area contributed by atoms with E-state index in [4.69, 9.17) is 9.84 Å². The van der Waals surface area contributed by atoms with Gasteiger partial charge in [-0.1, -0.05) is 0 Å². The summed E-state index contributed by atoms with van der Waals surface area (Å²) in [4.78, 5) is 21.5. The molecule has 0 fully saturated rings. The van der Waals surface area contributed by atoms with Crippen LogP contribution in [0.2, 0.25) is 0 Å². The summed E-state index contributed by atoms with van der Waals surface area (Å²) in [5.41, 5.74) is -0.858. The van der Waals surface area contributed by atoms with Gasteiger partial charge in [0.25, 0.3) is 5.91 Å². The third kappa shape index (κ3) is 4.81. The molecule has 0 unspecified atom stereocenters. The van der Waals surface area contributed by atoms with Crippen LogP contribution >= 0.6 is 0 Å². The highest BCUT2D eigenvalue weighted by atomic mass is 16.5. The van der Waals surface area contributed by atoms with Crippen LogP contribution in [0.15, 0.2) is 0 Å². The fourth-order valence-electron chi connectivity index (χ4n) is 0.747. The number of hydrogen-bond donors (Lipinski definition) is 2. The molecule has 2 N–H and O–H groups in total. The molecule has 0 saturated carbocycles. The van der Waals surface area contributed by atoms with Crippen LogP contribution in [0.1, 0.15) is 26.7 Å². The molecule has 0 spiro atoms. The van der Waals surface area contributed by atoms with Crippen molar-refractivity contribution in [3.05, 3.63) is 0 Å². The molecule has 5 heteroatoms. The van der Waals surface area contributed by atoms with Crippen molar-refractivity contribution >= 4 is 11.9 Å². The van der Waals surface area contributed by atoms with Crippen LogP contribution in [0.3, 0.4) is 0 Å². The SMILES string of the molecule is COC(C)(C)C(=O)NCCCC(=O)O. The van der Waals surface area contributed by atoms with Crippen LogP contribution in [0.4, 0.5) is 0 Å². The minimum Gasteiger partial charge on any atom is -0.481 e. The second-order valence-corrected chi connectivity index (χ2v) is 3.47. The predicted octanol–water partition coefficient (Wildman–Crippen LogP) is 0.392. The van der Waals surface area contributed by atoms with Gasteiger partial charge in [-0.3, -0.25) is 9.59 Å². The molecule has 82 valence electrons. The number of carboxylic acid groups (broad SMARTS) is 1. The van der Waals surface area contributed by atoms with E-state index in [2.05, 4.69) is 5.32 Å². The maximum absolute atomic E-state index is 11.4. The monoisotopic (exact) mass is 203 g/mol. The Morgan fingerprint density at radius 1 is 1.43 bits per heavy atom. The van der Waals surface area contributed by atoms with Crippen molar-refractivity contribution in [1.82, 2.24) is 5.32 Å². The van der Waals surface area contributed by atoms with Gasteiger partial charge in [-0.05, 0) is 20.3 Å². The number of amides is 1. The highest BCUT2D eigenvalue weighted by Crippen LogP contribution is 2.06. The Balaban J connectivity index is 3.70. The molecule has 0 aliphatic heterocycles. The van der Waals surface area contributed by atoms with Crippen molar-refractivity contribution < 1.29 is 19.4 Å². The summed E-state index contributed by atoms with van der Waals surface area (Å²) in [7, 11) is 1.46. The van der Waals surface area contributed by atoms with Crippen molar-refractivity contribution in [3.8, 4) is 0 Å². The van der Waals surface area contributed by atoms with E-state index in [1.54, 1.807) is 13.8 Å². The maximum Gasteiger partial charge on any atom is 0.303 e. The number of methoxy groups -OCH3 is 1. The van der Waals surface area contributed by atoms with Gasteiger partial charge in [0.1, 0.15) is 5.60 Å². The molecule has 0 aliphatic rings. The molecule has 5 nitrogen and oxygen atoms in total.